The van der Waals surface area contributed by atoms with Gasteiger partial charge in [0.25, 0.3) is 0 Å². The Morgan fingerprint density at radius 3 is 1.26 bits per heavy atom. The molecule has 7 aromatic carbocycles. The molecular weight excluding hydrogens is 556 g/mol. The van der Waals surface area contributed by atoms with Crippen molar-refractivity contribution in [3.8, 4) is 27.9 Å². The third kappa shape index (κ3) is 5.04. The first-order valence-electron chi connectivity index (χ1n) is 16.0. The van der Waals surface area contributed by atoms with Gasteiger partial charge in [-0.3, -0.25) is 0 Å². The van der Waals surface area contributed by atoms with Crippen LogP contribution in [0.2, 0.25) is 0 Å². The van der Waals surface area contributed by atoms with Crippen LogP contribution in [0.5, 0.6) is 0 Å². The van der Waals surface area contributed by atoms with Gasteiger partial charge in [0, 0.05) is 33.5 Å². The van der Waals surface area contributed by atoms with E-state index in [0.717, 1.165) is 29.2 Å². The minimum atomic E-state index is 1.05. The quantitative estimate of drug-likeness (QED) is 0.179. The van der Waals surface area contributed by atoms with Gasteiger partial charge in [-0.2, -0.15) is 0 Å². The summed E-state index contributed by atoms with van der Waals surface area (Å²) in [5.74, 6) is 0. The van der Waals surface area contributed by atoms with Crippen molar-refractivity contribution in [3.05, 3.63) is 181 Å². The predicted octanol–water partition coefficient (Wildman–Crippen LogP) is 12.1. The van der Waals surface area contributed by atoms with E-state index < -0.39 is 0 Å². The summed E-state index contributed by atoms with van der Waals surface area (Å²) in [5, 5.41) is 2.56. The molecule has 0 fully saturated rings. The molecular formula is C44H34N2. The van der Waals surface area contributed by atoms with E-state index in [4.69, 9.17) is 0 Å². The van der Waals surface area contributed by atoms with Gasteiger partial charge >= 0.3 is 0 Å². The zero-order chi connectivity index (χ0) is 30.9. The Morgan fingerprint density at radius 2 is 0.783 bits per heavy atom. The number of para-hydroxylation sites is 3. The molecule has 0 unspecified atom stereocenters. The van der Waals surface area contributed by atoms with Gasteiger partial charge < -0.3 is 9.47 Å². The van der Waals surface area contributed by atoms with Crippen LogP contribution in [0.25, 0.3) is 49.7 Å². The maximum Gasteiger partial charge on any atom is 0.0541 e. The maximum absolute atomic E-state index is 2.36. The van der Waals surface area contributed by atoms with Gasteiger partial charge in [-0.05, 0) is 94.9 Å². The molecule has 2 nitrogen and oxygen atoms in total. The van der Waals surface area contributed by atoms with Crippen LogP contribution in [0.1, 0.15) is 12.5 Å². The lowest BCUT2D eigenvalue weighted by atomic mass is 10.0. The van der Waals surface area contributed by atoms with E-state index in [9.17, 15) is 0 Å². The molecule has 0 radical (unpaired) electrons. The van der Waals surface area contributed by atoms with E-state index in [2.05, 4.69) is 192 Å². The van der Waals surface area contributed by atoms with Gasteiger partial charge in [0.15, 0.2) is 0 Å². The van der Waals surface area contributed by atoms with Crippen molar-refractivity contribution >= 4 is 38.9 Å². The topological polar surface area (TPSA) is 8.17 Å². The van der Waals surface area contributed by atoms with E-state index in [1.165, 1.54) is 49.6 Å². The molecule has 220 valence electrons. The molecule has 0 N–H and O–H groups in total. The van der Waals surface area contributed by atoms with Crippen LogP contribution in [0.3, 0.4) is 0 Å². The first kappa shape index (κ1) is 27.7. The summed E-state index contributed by atoms with van der Waals surface area (Å²) in [5.41, 5.74) is 13.2. The third-order valence-electron chi connectivity index (χ3n) is 9.00. The zero-order valence-corrected chi connectivity index (χ0v) is 25.8. The fourth-order valence-electron chi connectivity index (χ4n) is 6.57. The molecule has 1 heterocycles. The number of nitrogens with zero attached hydrogens (tertiary/aromatic N) is 2. The van der Waals surface area contributed by atoms with E-state index in [1.807, 2.05) is 0 Å². The smallest absolute Gasteiger partial charge is 0.0541 e. The summed E-state index contributed by atoms with van der Waals surface area (Å²) >= 11 is 0. The minimum absolute atomic E-state index is 1.05. The standard InChI is InChI=1S/C44H34N2/c1-2-32-16-18-33(19-17-32)34-20-26-38(27-21-34)45(37-10-4-3-5-11-37)39-28-22-35(23-29-39)36-24-30-40(31-25-36)46-43-14-8-6-12-41(43)42-13-7-9-15-44(42)46/h3-31H,2H2,1H3. The lowest BCUT2D eigenvalue weighted by molar-refractivity contribution is 1.14. The molecule has 0 saturated carbocycles. The summed E-state index contributed by atoms with van der Waals surface area (Å²) in [6.07, 6.45) is 1.05. The zero-order valence-electron chi connectivity index (χ0n) is 25.8. The van der Waals surface area contributed by atoms with Crippen molar-refractivity contribution in [1.82, 2.24) is 4.57 Å². The minimum Gasteiger partial charge on any atom is -0.311 e. The number of benzene rings is 7. The maximum atomic E-state index is 2.36. The Bertz CT molecular complexity index is 2190. The van der Waals surface area contributed by atoms with E-state index >= 15 is 0 Å². The third-order valence-corrected chi connectivity index (χ3v) is 9.00. The molecule has 1 aromatic heterocycles. The summed E-state index contributed by atoms with van der Waals surface area (Å²) in [7, 11) is 0. The van der Waals surface area contributed by atoms with Gasteiger partial charge in [-0.1, -0.05) is 122 Å². The second-order valence-electron chi connectivity index (χ2n) is 11.7. The molecule has 8 aromatic rings. The molecule has 0 spiro atoms. The summed E-state index contributed by atoms with van der Waals surface area (Å²) in [6.45, 7) is 2.19. The van der Waals surface area contributed by atoms with Crippen LogP contribution < -0.4 is 4.90 Å². The van der Waals surface area contributed by atoms with Crippen molar-refractivity contribution in [2.45, 2.75) is 13.3 Å². The Morgan fingerprint density at radius 1 is 0.391 bits per heavy atom. The van der Waals surface area contributed by atoms with Crippen LogP contribution in [-0.4, -0.2) is 4.57 Å². The summed E-state index contributed by atoms with van der Waals surface area (Å²) in [6, 6.07) is 63.5. The van der Waals surface area contributed by atoms with Crippen LogP contribution in [0, 0.1) is 0 Å². The lowest BCUT2D eigenvalue weighted by Gasteiger charge is -2.26. The van der Waals surface area contributed by atoms with Crippen molar-refractivity contribution in [3.63, 3.8) is 0 Å². The lowest BCUT2D eigenvalue weighted by Crippen LogP contribution is -2.09. The number of aromatic nitrogens is 1. The van der Waals surface area contributed by atoms with Crippen LogP contribution >= 0.6 is 0 Å². The number of hydrogen-bond acceptors (Lipinski definition) is 1. The number of anilines is 3. The highest BCUT2D eigenvalue weighted by molar-refractivity contribution is 6.09. The van der Waals surface area contributed by atoms with Crippen molar-refractivity contribution < 1.29 is 0 Å². The largest absolute Gasteiger partial charge is 0.311 e. The fraction of sp³-hybridized carbons (Fsp3) is 0.0455. The number of fused-ring (bicyclic) bond motifs is 3. The average Bonchev–Trinajstić information content (AvgIpc) is 3.47. The first-order chi connectivity index (χ1) is 22.8. The van der Waals surface area contributed by atoms with Crippen molar-refractivity contribution in [2.75, 3.05) is 4.90 Å². The normalized spacial score (nSPS) is 11.2. The second-order valence-corrected chi connectivity index (χ2v) is 11.7. The molecule has 8 rings (SSSR count). The molecule has 0 aliphatic heterocycles. The van der Waals surface area contributed by atoms with Crippen molar-refractivity contribution in [1.29, 1.82) is 0 Å². The monoisotopic (exact) mass is 590 g/mol. The van der Waals surface area contributed by atoms with E-state index in [1.54, 1.807) is 0 Å². The summed E-state index contributed by atoms with van der Waals surface area (Å²) < 4.78 is 2.36. The molecule has 0 bridgehead atoms. The molecule has 0 atom stereocenters. The SMILES string of the molecule is CCc1ccc(-c2ccc(N(c3ccccc3)c3ccc(-c4ccc(-n5c6ccccc6c6ccccc65)cc4)cc3)cc2)cc1. The number of aryl methyl sites for hydroxylation is 1. The highest BCUT2D eigenvalue weighted by Crippen LogP contribution is 2.37. The van der Waals surface area contributed by atoms with E-state index in [0.29, 0.717) is 0 Å². The first-order valence-corrected chi connectivity index (χ1v) is 16.0. The van der Waals surface area contributed by atoms with Crippen LogP contribution in [0.15, 0.2) is 176 Å². The molecule has 46 heavy (non-hydrogen) atoms. The highest BCUT2D eigenvalue weighted by atomic mass is 15.1. The van der Waals surface area contributed by atoms with Gasteiger partial charge in [0.1, 0.15) is 0 Å². The molecule has 0 aliphatic rings. The van der Waals surface area contributed by atoms with Gasteiger partial charge in [0.2, 0.25) is 0 Å². The number of hydrogen-bond donors (Lipinski definition) is 0. The summed E-state index contributed by atoms with van der Waals surface area (Å²) in [4.78, 5) is 2.32. The Hall–Kier alpha value is -5.86. The highest BCUT2D eigenvalue weighted by Gasteiger charge is 2.14. The Kier molecular flexibility index (Phi) is 7.16. The van der Waals surface area contributed by atoms with Gasteiger partial charge in [0.05, 0.1) is 11.0 Å². The van der Waals surface area contributed by atoms with Crippen molar-refractivity contribution in [2.24, 2.45) is 0 Å². The van der Waals surface area contributed by atoms with Crippen LogP contribution in [-0.2, 0) is 6.42 Å². The molecule has 0 saturated heterocycles. The Labute approximate surface area is 270 Å². The van der Waals surface area contributed by atoms with Gasteiger partial charge in [-0.25, -0.2) is 0 Å². The molecule has 0 amide bonds. The number of rotatable bonds is 7. The van der Waals surface area contributed by atoms with Gasteiger partial charge in [-0.15, -0.1) is 0 Å². The molecule has 0 aliphatic carbocycles. The van der Waals surface area contributed by atoms with Crippen LogP contribution in [0.4, 0.5) is 17.1 Å². The second kappa shape index (κ2) is 11.9. The van der Waals surface area contributed by atoms with E-state index in [-0.39, 0.29) is 0 Å². The molecule has 2 heteroatoms. The fourth-order valence-corrected chi connectivity index (χ4v) is 6.57. The average molecular weight is 591 g/mol. The predicted molar refractivity (Wildman–Crippen MR) is 196 cm³/mol. The Balaban J connectivity index is 1.10.